The summed E-state index contributed by atoms with van der Waals surface area (Å²) in [6, 6.07) is 16.7. The van der Waals surface area contributed by atoms with Crippen LogP contribution in [0.3, 0.4) is 0 Å². The van der Waals surface area contributed by atoms with Crippen LogP contribution in [0.4, 0.5) is 11.4 Å². The van der Waals surface area contributed by atoms with Crippen LogP contribution in [0.15, 0.2) is 48.5 Å². The molecular weight excluding hydrogens is 354 g/mol. The van der Waals surface area contributed by atoms with E-state index in [1.807, 2.05) is 24.3 Å². The van der Waals surface area contributed by atoms with Gasteiger partial charge in [0.1, 0.15) is 12.4 Å². The molecule has 144 valence electrons. The lowest BCUT2D eigenvalue weighted by Crippen LogP contribution is -2.33. The van der Waals surface area contributed by atoms with E-state index in [1.54, 1.807) is 11.9 Å². The third kappa shape index (κ3) is 3.50. The molecule has 0 aromatic heterocycles. The Morgan fingerprint density at radius 2 is 1.93 bits per heavy atom. The van der Waals surface area contributed by atoms with Gasteiger partial charge in [-0.1, -0.05) is 31.0 Å². The zero-order valence-electron chi connectivity index (χ0n) is 16.2. The molecule has 1 saturated carbocycles. The van der Waals surface area contributed by atoms with Gasteiger partial charge in [-0.2, -0.15) is 0 Å². The highest BCUT2D eigenvalue weighted by molar-refractivity contribution is 7.99. The lowest BCUT2D eigenvalue weighted by atomic mass is 9.87. The van der Waals surface area contributed by atoms with Crippen LogP contribution in [0.2, 0.25) is 0 Å². The van der Waals surface area contributed by atoms with Crippen LogP contribution < -0.4 is 15.2 Å². The monoisotopic (exact) mass is 383 g/mol. The summed E-state index contributed by atoms with van der Waals surface area (Å²) in [5.41, 5.74) is 9.60. The Hall–Kier alpha value is -1.85. The molecule has 1 aliphatic carbocycles. The van der Waals surface area contributed by atoms with Crippen molar-refractivity contribution in [2.24, 2.45) is 11.8 Å². The number of nitrogen functional groups attached to an aromatic ring is 1. The van der Waals surface area contributed by atoms with Gasteiger partial charge in [0.15, 0.2) is 0 Å². The first-order valence-corrected chi connectivity index (χ1v) is 11.0. The van der Waals surface area contributed by atoms with Crippen LogP contribution in [0.1, 0.15) is 18.9 Å². The average molecular weight is 384 g/mol. The van der Waals surface area contributed by atoms with Crippen molar-refractivity contribution in [3.05, 3.63) is 54.1 Å². The summed E-state index contributed by atoms with van der Waals surface area (Å²) in [6.45, 7) is 6.44. The third-order valence-electron chi connectivity index (χ3n) is 6.37. The lowest BCUT2D eigenvalue weighted by Gasteiger charge is -2.26. The normalized spacial score (nSPS) is 26.6. The fourth-order valence-electron chi connectivity index (χ4n) is 5.00. The van der Waals surface area contributed by atoms with E-state index in [0.717, 1.165) is 36.4 Å². The molecule has 4 nitrogen and oxygen atoms in total. The summed E-state index contributed by atoms with van der Waals surface area (Å²) in [5, 5.41) is 0. The number of nitrogens with zero attached hydrogens (tertiary/aromatic N) is 1. The number of benzene rings is 2. The van der Waals surface area contributed by atoms with Crippen molar-refractivity contribution >= 4 is 23.3 Å². The molecule has 27 heavy (non-hydrogen) atoms. The van der Waals surface area contributed by atoms with Gasteiger partial charge in [0.25, 0.3) is 0 Å². The number of nitrogens with two attached hydrogens (primary N) is 1. The van der Waals surface area contributed by atoms with Crippen molar-refractivity contribution in [1.82, 2.24) is 4.90 Å². The first kappa shape index (κ1) is 18.5. The van der Waals surface area contributed by atoms with E-state index in [2.05, 4.69) is 47.1 Å². The van der Waals surface area contributed by atoms with Crippen molar-refractivity contribution in [2.45, 2.75) is 18.8 Å². The minimum absolute atomic E-state index is 0.379. The molecule has 2 fully saturated rings. The third-order valence-corrected chi connectivity index (χ3v) is 6.81. The molecular formula is C22H29N3OS. The van der Waals surface area contributed by atoms with Gasteiger partial charge in [0.05, 0.1) is 0 Å². The predicted octanol–water partition coefficient (Wildman–Crippen LogP) is 4.25. The number of ether oxygens (including phenoxy) is 1. The summed E-state index contributed by atoms with van der Waals surface area (Å²) >= 11 is 1.65. The molecule has 0 bridgehead atoms. The second-order valence-electron chi connectivity index (χ2n) is 7.67. The van der Waals surface area contributed by atoms with E-state index in [-0.39, 0.29) is 0 Å². The molecule has 2 aliphatic rings. The van der Waals surface area contributed by atoms with Crippen LogP contribution in [0.25, 0.3) is 0 Å². The highest BCUT2D eigenvalue weighted by Gasteiger charge is 2.67. The molecule has 1 aliphatic heterocycles. The highest BCUT2D eigenvalue weighted by atomic mass is 32.2. The summed E-state index contributed by atoms with van der Waals surface area (Å²) in [5.74, 6) is 2.46. The largest absolute Gasteiger partial charge is 0.492 e. The van der Waals surface area contributed by atoms with Gasteiger partial charge >= 0.3 is 0 Å². The number of hydrogen-bond donors (Lipinski definition) is 2. The van der Waals surface area contributed by atoms with E-state index in [0.29, 0.717) is 5.41 Å². The molecule has 2 aromatic rings. The van der Waals surface area contributed by atoms with Crippen LogP contribution in [0, 0.1) is 11.8 Å². The van der Waals surface area contributed by atoms with E-state index in [4.69, 9.17) is 10.5 Å². The number of fused-ring (bicyclic) bond motifs is 1. The Bertz CT molecular complexity index is 767. The lowest BCUT2D eigenvalue weighted by molar-refractivity contribution is 0.209. The molecule has 0 spiro atoms. The number of nitrogens with one attached hydrogen (secondary N) is 1. The minimum Gasteiger partial charge on any atom is -0.492 e. The Labute approximate surface area is 166 Å². The van der Waals surface area contributed by atoms with E-state index < -0.39 is 0 Å². The summed E-state index contributed by atoms with van der Waals surface area (Å²) < 4.78 is 9.25. The average Bonchev–Trinajstić information content (AvgIpc) is 3.07. The number of piperidine rings is 1. The predicted molar refractivity (Wildman–Crippen MR) is 115 cm³/mol. The second-order valence-corrected chi connectivity index (χ2v) is 8.28. The molecule has 5 heteroatoms. The Morgan fingerprint density at radius 1 is 1.19 bits per heavy atom. The van der Waals surface area contributed by atoms with Crippen LogP contribution >= 0.6 is 11.9 Å². The topological polar surface area (TPSA) is 50.5 Å². The molecule has 3 N–H and O–H groups in total. The van der Waals surface area contributed by atoms with Gasteiger partial charge in [-0.25, -0.2) is 0 Å². The first-order chi connectivity index (χ1) is 13.2. The maximum Gasteiger partial charge on any atom is 0.119 e. The van der Waals surface area contributed by atoms with Gasteiger partial charge in [0, 0.05) is 42.7 Å². The number of rotatable bonds is 8. The quantitative estimate of drug-likeness (QED) is 0.527. The molecule has 4 rings (SSSR count). The Kier molecular flexibility index (Phi) is 5.24. The molecule has 2 unspecified atom stereocenters. The van der Waals surface area contributed by atoms with Gasteiger partial charge in [-0.05, 0) is 60.2 Å². The minimum atomic E-state index is 0.379. The molecule has 0 radical (unpaired) electrons. The van der Waals surface area contributed by atoms with Crippen molar-refractivity contribution < 1.29 is 4.74 Å². The number of hydrogen-bond acceptors (Lipinski definition) is 5. The van der Waals surface area contributed by atoms with E-state index >= 15 is 0 Å². The van der Waals surface area contributed by atoms with Crippen LogP contribution in [0.5, 0.6) is 5.75 Å². The van der Waals surface area contributed by atoms with Crippen LogP contribution in [-0.4, -0.2) is 37.4 Å². The smallest absolute Gasteiger partial charge is 0.119 e. The maximum atomic E-state index is 5.87. The molecule has 2 aromatic carbocycles. The van der Waals surface area contributed by atoms with Crippen molar-refractivity contribution in [1.29, 1.82) is 0 Å². The van der Waals surface area contributed by atoms with Gasteiger partial charge in [0.2, 0.25) is 0 Å². The van der Waals surface area contributed by atoms with Gasteiger partial charge in [-0.15, -0.1) is 0 Å². The van der Waals surface area contributed by atoms with E-state index in [1.165, 1.54) is 30.8 Å². The summed E-state index contributed by atoms with van der Waals surface area (Å²) in [6.07, 6.45) is 3.29. The Balaban J connectivity index is 1.32. The SMILES string of the molecule is CCC1(c2cccc(NSC)c2)C2CN(CCOc3ccc(N)cc3)CC21. The van der Waals surface area contributed by atoms with E-state index in [9.17, 15) is 0 Å². The maximum absolute atomic E-state index is 5.87. The molecule has 1 heterocycles. The second kappa shape index (κ2) is 7.64. The number of anilines is 2. The number of likely N-dealkylation sites (tertiary alicyclic amines) is 1. The first-order valence-electron chi connectivity index (χ1n) is 9.77. The fraction of sp³-hybridized carbons (Fsp3) is 0.455. The van der Waals surface area contributed by atoms with Gasteiger partial charge < -0.3 is 15.2 Å². The zero-order chi connectivity index (χ0) is 18.9. The van der Waals surface area contributed by atoms with Crippen molar-refractivity contribution in [2.75, 3.05) is 43.0 Å². The van der Waals surface area contributed by atoms with Crippen LogP contribution in [-0.2, 0) is 5.41 Å². The molecule has 1 saturated heterocycles. The van der Waals surface area contributed by atoms with Crippen molar-refractivity contribution in [3.63, 3.8) is 0 Å². The van der Waals surface area contributed by atoms with Crippen molar-refractivity contribution in [3.8, 4) is 5.75 Å². The Morgan fingerprint density at radius 3 is 2.59 bits per heavy atom. The zero-order valence-corrected chi connectivity index (χ0v) is 17.0. The highest BCUT2D eigenvalue weighted by Crippen LogP contribution is 2.65. The fourth-order valence-corrected chi connectivity index (χ4v) is 5.36. The molecule has 0 amide bonds. The summed E-state index contributed by atoms with van der Waals surface area (Å²) in [7, 11) is 0. The standard InChI is InChI=1S/C22H29N3OS/c1-3-22(16-5-4-6-18(13-16)24-27-2)20-14-25(15-21(20)22)11-12-26-19-9-7-17(23)8-10-19/h4-10,13,20-21,24H,3,11-12,14-15,23H2,1-2H3. The summed E-state index contributed by atoms with van der Waals surface area (Å²) in [4.78, 5) is 2.56. The van der Waals surface area contributed by atoms with Gasteiger partial charge in [-0.3, -0.25) is 4.90 Å². The molecule has 2 atom stereocenters.